The molecular weight excluding hydrogens is 424 g/mol. The molecule has 0 aliphatic heterocycles. The Balaban J connectivity index is 2.10. The van der Waals surface area contributed by atoms with E-state index in [1.54, 1.807) is 5.57 Å². The first-order valence-electron chi connectivity index (χ1n) is 12.8. The molecule has 2 heteroatoms. The summed E-state index contributed by atoms with van der Waals surface area (Å²) in [5, 5.41) is 0. The summed E-state index contributed by atoms with van der Waals surface area (Å²) in [6.07, 6.45) is 7.48. The number of hydrogen-bond acceptors (Lipinski definition) is 0. The van der Waals surface area contributed by atoms with Crippen LogP contribution in [0.3, 0.4) is 0 Å². The van der Waals surface area contributed by atoms with Crippen LogP contribution in [-0.4, -0.2) is 7.38 Å². The van der Waals surface area contributed by atoms with E-state index in [4.69, 9.17) is 11.1 Å². The van der Waals surface area contributed by atoms with Gasteiger partial charge in [-0.25, -0.2) is 0 Å². The van der Waals surface area contributed by atoms with Gasteiger partial charge in [-0.15, -0.1) is 0 Å². The maximum atomic E-state index is 7.74. The summed E-state index contributed by atoms with van der Waals surface area (Å²) < 4.78 is 0. The largest absolute Gasteiger partial charge is 0.167 e. The fraction of sp³-hybridized carbons (Fsp3) is 0.533. The van der Waals surface area contributed by atoms with Gasteiger partial charge in [0.25, 0.3) is 0 Å². The van der Waals surface area contributed by atoms with Gasteiger partial charge in [0.05, 0.1) is 0 Å². The Morgan fingerprint density at radius 1 is 0.906 bits per heavy atom. The van der Waals surface area contributed by atoms with Crippen LogP contribution in [-0.2, 0) is 5.41 Å². The van der Waals surface area contributed by atoms with E-state index in [1.807, 2.05) is 0 Å². The predicted molar refractivity (Wildman–Crippen MR) is 147 cm³/mol. The molecule has 0 radical (unpaired) electrons. The van der Waals surface area contributed by atoms with E-state index in [0.717, 1.165) is 0 Å². The summed E-state index contributed by atoms with van der Waals surface area (Å²) in [5.74, 6) is 0.525. The minimum Gasteiger partial charge on any atom is -0.166 e. The van der Waals surface area contributed by atoms with E-state index in [1.165, 1.54) is 65.6 Å². The molecule has 2 aromatic carbocycles. The van der Waals surface area contributed by atoms with E-state index in [-0.39, 0.29) is 5.41 Å². The van der Waals surface area contributed by atoms with Crippen molar-refractivity contribution in [2.24, 2.45) is 5.92 Å². The van der Waals surface area contributed by atoms with Crippen molar-refractivity contribution in [3.8, 4) is 11.1 Å². The van der Waals surface area contributed by atoms with Crippen LogP contribution < -0.4 is 0 Å². The number of hydrogen-bond donors (Lipinski definition) is 0. The first-order valence-corrected chi connectivity index (χ1v) is 16.3. The first kappa shape index (κ1) is 25.3. The van der Waals surface area contributed by atoms with Gasteiger partial charge in [0.2, 0.25) is 0 Å². The molecule has 0 heterocycles. The van der Waals surface area contributed by atoms with Crippen molar-refractivity contribution in [3.05, 3.63) is 64.7 Å². The predicted octanol–water partition coefficient (Wildman–Crippen LogP) is 10.1. The summed E-state index contributed by atoms with van der Waals surface area (Å²) in [6.45, 7) is 16.1. The molecule has 1 atom stereocenters. The summed E-state index contributed by atoms with van der Waals surface area (Å²) >= 11 is 7.74. The van der Waals surface area contributed by atoms with Crippen LogP contribution in [0, 0.1) is 5.92 Å². The monoisotopic (exact) mass is 466 g/mol. The Labute approximate surface area is 203 Å². The van der Waals surface area contributed by atoms with Crippen molar-refractivity contribution in [3.63, 3.8) is 0 Å². The van der Waals surface area contributed by atoms with Gasteiger partial charge in [0.15, 0.2) is 7.38 Å². The van der Waals surface area contributed by atoms with Gasteiger partial charge in [-0.1, -0.05) is 128 Å². The minimum absolute atomic E-state index is 0.176. The summed E-state index contributed by atoms with van der Waals surface area (Å²) in [6, 6.07) is 18.6. The quantitative estimate of drug-likeness (QED) is 0.254. The molecule has 0 spiro atoms. The van der Waals surface area contributed by atoms with Gasteiger partial charge >= 0.3 is 0 Å². The molecule has 3 rings (SSSR count). The Kier molecular flexibility index (Phi) is 8.15. The van der Waals surface area contributed by atoms with Gasteiger partial charge in [-0.05, 0) is 51.2 Å². The summed E-state index contributed by atoms with van der Waals surface area (Å²) in [4.78, 5) is 0. The maximum Gasteiger partial charge on any atom is 0.167 e. The van der Waals surface area contributed by atoms with Crippen molar-refractivity contribution in [1.82, 2.24) is 0 Å². The lowest BCUT2D eigenvalue weighted by Gasteiger charge is -2.35. The second-order valence-electron chi connectivity index (χ2n) is 11.1. The fourth-order valence-electron chi connectivity index (χ4n) is 5.26. The molecule has 0 aromatic heterocycles. The SMILES string of the molecule is CCCC[Si](Cl)(CCCC)C1C(C(C)C)=Cc2c(-c3ccc(C(C)(C)C)cc3)cccc21. The normalized spacial score (nSPS) is 16.4. The van der Waals surface area contributed by atoms with Crippen molar-refractivity contribution in [2.45, 2.75) is 97.2 Å². The van der Waals surface area contributed by atoms with Crippen molar-refractivity contribution >= 4 is 24.5 Å². The molecule has 0 amide bonds. The van der Waals surface area contributed by atoms with E-state index < -0.39 is 7.38 Å². The second kappa shape index (κ2) is 10.3. The summed E-state index contributed by atoms with van der Waals surface area (Å²) in [5.41, 5.74) is 9.20. The zero-order valence-electron chi connectivity index (χ0n) is 21.4. The highest BCUT2D eigenvalue weighted by atomic mass is 35.6. The molecule has 2 aromatic rings. The topological polar surface area (TPSA) is 0 Å². The van der Waals surface area contributed by atoms with Gasteiger partial charge in [-0.3, -0.25) is 0 Å². The Hall–Kier alpha value is -1.31. The number of allylic oxidation sites excluding steroid dienone is 1. The molecule has 0 saturated heterocycles. The number of halogens is 1. The highest BCUT2D eigenvalue weighted by molar-refractivity contribution is 7.21. The van der Waals surface area contributed by atoms with Gasteiger partial charge < -0.3 is 0 Å². The first-order chi connectivity index (χ1) is 15.1. The van der Waals surface area contributed by atoms with Crippen LogP contribution in [0.2, 0.25) is 12.1 Å². The number of benzene rings is 2. The molecule has 1 aliphatic rings. The molecule has 0 nitrogen and oxygen atoms in total. The van der Waals surface area contributed by atoms with E-state index in [9.17, 15) is 0 Å². The lowest BCUT2D eigenvalue weighted by molar-refractivity contribution is 0.590. The lowest BCUT2D eigenvalue weighted by Crippen LogP contribution is -2.37. The third-order valence-corrected chi connectivity index (χ3v) is 13.1. The smallest absolute Gasteiger partial charge is 0.166 e. The van der Waals surface area contributed by atoms with Crippen LogP contribution in [0.15, 0.2) is 48.0 Å². The molecule has 174 valence electrons. The average Bonchev–Trinajstić information content (AvgIpc) is 3.17. The lowest BCUT2D eigenvalue weighted by atomic mass is 9.86. The third-order valence-electron chi connectivity index (χ3n) is 7.23. The molecule has 0 N–H and O–H groups in total. The minimum atomic E-state index is -1.99. The molecule has 1 aliphatic carbocycles. The van der Waals surface area contributed by atoms with Gasteiger partial charge in [0.1, 0.15) is 0 Å². The van der Waals surface area contributed by atoms with Gasteiger partial charge in [-0.2, -0.15) is 11.1 Å². The van der Waals surface area contributed by atoms with Gasteiger partial charge in [0, 0.05) is 5.54 Å². The zero-order valence-corrected chi connectivity index (χ0v) is 23.2. The average molecular weight is 467 g/mol. The van der Waals surface area contributed by atoms with Crippen molar-refractivity contribution in [2.75, 3.05) is 0 Å². The molecule has 0 saturated carbocycles. The molecular formula is C30H43ClSi. The van der Waals surface area contributed by atoms with Crippen LogP contribution in [0.1, 0.15) is 96.4 Å². The van der Waals surface area contributed by atoms with Crippen LogP contribution >= 0.6 is 11.1 Å². The van der Waals surface area contributed by atoms with Crippen LogP contribution in [0.4, 0.5) is 0 Å². The third kappa shape index (κ3) is 5.26. The Morgan fingerprint density at radius 2 is 1.50 bits per heavy atom. The second-order valence-corrected chi connectivity index (χ2v) is 17.0. The van der Waals surface area contributed by atoms with E-state index >= 15 is 0 Å². The van der Waals surface area contributed by atoms with E-state index in [0.29, 0.717) is 11.5 Å². The molecule has 0 bridgehead atoms. The number of fused-ring (bicyclic) bond motifs is 1. The number of unbranched alkanes of at least 4 members (excludes halogenated alkanes) is 2. The zero-order chi connectivity index (χ0) is 23.5. The van der Waals surface area contributed by atoms with Crippen molar-refractivity contribution in [1.29, 1.82) is 0 Å². The Bertz CT molecular complexity index is 922. The number of rotatable bonds is 9. The maximum absolute atomic E-state index is 7.74. The van der Waals surface area contributed by atoms with Crippen molar-refractivity contribution < 1.29 is 0 Å². The highest BCUT2D eigenvalue weighted by Gasteiger charge is 2.45. The highest BCUT2D eigenvalue weighted by Crippen LogP contribution is 2.52. The fourth-order valence-corrected chi connectivity index (χ4v) is 11.3. The molecule has 0 fully saturated rings. The van der Waals surface area contributed by atoms with Crippen LogP contribution in [0.25, 0.3) is 17.2 Å². The summed E-state index contributed by atoms with van der Waals surface area (Å²) in [7, 11) is -1.99. The Morgan fingerprint density at radius 3 is 2.00 bits per heavy atom. The standard InChI is InChI=1S/C30H43ClSi/c1-8-10-19-32(31,20-11-9-2)29-26-14-12-13-25(28(26)21-27(29)22(3)4)23-15-17-24(18-16-23)30(5,6)7/h12-18,21-22,29H,8-11,19-20H2,1-7H3. The molecule has 32 heavy (non-hydrogen) atoms. The molecule has 1 unspecified atom stereocenters. The van der Waals surface area contributed by atoms with E-state index in [2.05, 4.69) is 97.0 Å². The van der Waals surface area contributed by atoms with Crippen LogP contribution in [0.5, 0.6) is 0 Å².